The molecule has 0 aliphatic rings. The number of rotatable bonds is 20. The maximum atomic E-state index is 9.72. The third-order valence-electron chi connectivity index (χ3n) is 5.81. The SMILES string of the molecule is C=CCOOCCCOc1ccc(Oc2ccc(C(OO)c3ccc(C(=C)OCCOCOC)cc3)cc2C)cc1. The van der Waals surface area contributed by atoms with E-state index in [2.05, 4.69) is 13.2 Å². The molecule has 41 heavy (non-hydrogen) atoms. The first-order valence-corrected chi connectivity index (χ1v) is 13.2. The Balaban J connectivity index is 1.53. The summed E-state index contributed by atoms with van der Waals surface area (Å²) in [6.07, 6.45) is 1.64. The Bertz CT molecular complexity index is 1190. The molecule has 0 aromatic heterocycles. The Morgan fingerprint density at radius 1 is 0.878 bits per heavy atom. The lowest BCUT2D eigenvalue weighted by Crippen LogP contribution is -2.06. The van der Waals surface area contributed by atoms with Gasteiger partial charge >= 0.3 is 0 Å². The van der Waals surface area contributed by atoms with Gasteiger partial charge in [-0.05, 0) is 60.0 Å². The highest BCUT2D eigenvalue weighted by Gasteiger charge is 2.17. The third-order valence-corrected chi connectivity index (χ3v) is 5.81. The lowest BCUT2D eigenvalue weighted by Gasteiger charge is -2.17. The Labute approximate surface area is 241 Å². The number of methoxy groups -OCH3 is 1. The summed E-state index contributed by atoms with van der Waals surface area (Å²) in [4.78, 5) is 14.7. The van der Waals surface area contributed by atoms with Crippen LogP contribution >= 0.6 is 0 Å². The molecule has 0 amide bonds. The van der Waals surface area contributed by atoms with E-state index in [1.165, 1.54) is 0 Å². The fourth-order valence-corrected chi connectivity index (χ4v) is 3.75. The predicted octanol–water partition coefficient (Wildman–Crippen LogP) is 6.88. The van der Waals surface area contributed by atoms with Crippen LogP contribution in [0.2, 0.25) is 0 Å². The quantitative estimate of drug-likeness (QED) is 0.0392. The van der Waals surface area contributed by atoms with Crippen LogP contribution in [0.4, 0.5) is 0 Å². The van der Waals surface area contributed by atoms with Crippen LogP contribution in [0, 0.1) is 6.92 Å². The van der Waals surface area contributed by atoms with E-state index in [4.69, 9.17) is 38.3 Å². The molecule has 1 unspecified atom stereocenters. The largest absolute Gasteiger partial charge is 0.494 e. The lowest BCUT2D eigenvalue weighted by atomic mass is 9.98. The normalized spacial score (nSPS) is 11.6. The Morgan fingerprint density at radius 3 is 2.29 bits per heavy atom. The van der Waals surface area contributed by atoms with Gasteiger partial charge in [-0.15, -0.1) is 6.58 Å². The first kappa shape index (κ1) is 31.8. The van der Waals surface area contributed by atoms with Gasteiger partial charge in [0.1, 0.15) is 49.1 Å². The van der Waals surface area contributed by atoms with Crippen LogP contribution in [0.3, 0.4) is 0 Å². The first-order valence-electron chi connectivity index (χ1n) is 13.2. The van der Waals surface area contributed by atoms with Crippen molar-refractivity contribution in [3.8, 4) is 17.2 Å². The molecule has 0 radical (unpaired) electrons. The fraction of sp³-hybridized carbons (Fsp3) is 0.312. The number of hydrogen-bond donors (Lipinski definition) is 1. The van der Waals surface area contributed by atoms with Crippen molar-refractivity contribution in [2.45, 2.75) is 19.4 Å². The summed E-state index contributed by atoms with van der Waals surface area (Å²) < 4.78 is 27.5. The molecule has 0 spiro atoms. The summed E-state index contributed by atoms with van der Waals surface area (Å²) in [6.45, 7) is 11.7. The van der Waals surface area contributed by atoms with E-state index in [0.29, 0.717) is 56.7 Å². The molecule has 0 fully saturated rings. The molecule has 0 aliphatic heterocycles. The Hall–Kier alpha value is -3.70. The molecular formula is C32H38O9. The average molecular weight is 567 g/mol. The highest BCUT2D eigenvalue weighted by molar-refractivity contribution is 5.58. The van der Waals surface area contributed by atoms with Gasteiger partial charge in [-0.25, -0.2) is 14.7 Å². The highest BCUT2D eigenvalue weighted by Crippen LogP contribution is 2.32. The van der Waals surface area contributed by atoms with Crippen LogP contribution in [0.15, 0.2) is 86.0 Å². The van der Waals surface area contributed by atoms with Crippen LogP contribution in [-0.2, 0) is 28.9 Å². The zero-order valence-electron chi connectivity index (χ0n) is 23.6. The monoisotopic (exact) mass is 566 g/mol. The van der Waals surface area contributed by atoms with Crippen molar-refractivity contribution in [3.05, 3.63) is 108 Å². The summed E-state index contributed by atoms with van der Waals surface area (Å²) in [5, 5.41) is 9.72. The summed E-state index contributed by atoms with van der Waals surface area (Å²) >= 11 is 0. The van der Waals surface area contributed by atoms with E-state index in [1.54, 1.807) is 13.2 Å². The van der Waals surface area contributed by atoms with Crippen LogP contribution in [0.5, 0.6) is 17.2 Å². The van der Waals surface area contributed by atoms with Gasteiger partial charge in [-0.2, -0.15) is 0 Å². The molecule has 3 rings (SSSR count). The Kier molecular flexibility index (Phi) is 13.9. The van der Waals surface area contributed by atoms with Crippen LogP contribution < -0.4 is 9.47 Å². The van der Waals surface area contributed by atoms with Crippen molar-refractivity contribution in [1.29, 1.82) is 0 Å². The van der Waals surface area contributed by atoms with E-state index < -0.39 is 6.10 Å². The molecule has 9 heteroatoms. The predicted molar refractivity (Wildman–Crippen MR) is 155 cm³/mol. The summed E-state index contributed by atoms with van der Waals surface area (Å²) in [5.74, 6) is 2.62. The van der Waals surface area contributed by atoms with Crippen molar-refractivity contribution >= 4 is 5.76 Å². The topological polar surface area (TPSA) is 94.1 Å². The fourth-order valence-electron chi connectivity index (χ4n) is 3.75. The lowest BCUT2D eigenvalue weighted by molar-refractivity contribution is -0.287. The summed E-state index contributed by atoms with van der Waals surface area (Å²) in [5.41, 5.74) is 3.25. The van der Waals surface area contributed by atoms with Gasteiger partial charge in [0, 0.05) is 19.1 Å². The van der Waals surface area contributed by atoms with Gasteiger partial charge in [0.25, 0.3) is 0 Å². The second kappa shape index (κ2) is 17.9. The second-order valence-electron chi connectivity index (χ2n) is 8.89. The molecule has 1 N–H and O–H groups in total. The molecule has 0 aliphatic carbocycles. The van der Waals surface area contributed by atoms with Crippen molar-refractivity contribution in [2.75, 3.05) is 46.9 Å². The van der Waals surface area contributed by atoms with Gasteiger partial charge in [0.05, 0.1) is 19.8 Å². The molecule has 0 heterocycles. The summed E-state index contributed by atoms with van der Waals surface area (Å²) in [6, 6.07) is 20.5. The number of ether oxygens (including phenoxy) is 5. The van der Waals surface area contributed by atoms with Crippen LogP contribution in [0.1, 0.15) is 34.8 Å². The van der Waals surface area contributed by atoms with E-state index in [1.807, 2.05) is 73.7 Å². The molecule has 9 nitrogen and oxygen atoms in total. The molecule has 0 saturated heterocycles. The highest BCUT2D eigenvalue weighted by atomic mass is 17.2. The molecular weight excluding hydrogens is 528 g/mol. The van der Waals surface area contributed by atoms with Crippen LogP contribution in [0.25, 0.3) is 5.76 Å². The van der Waals surface area contributed by atoms with E-state index in [-0.39, 0.29) is 6.79 Å². The minimum atomic E-state index is -0.677. The molecule has 220 valence electrons. The summed E-state index contributed by atoms with van der Waals surface area (Å²) in [7, 11) is 1.56. The zero-order chi connectivity index (χ0) is 29.3. The van der Waals surface area contributed by atoms with E-state index in [0.717, 1.165) is 28.0 Å². The van der Waals surface area contributed by atoms with Gasteiger partial charge in [0.15, 0.2) is 0 Å². The number of hydrogen-bond acceptors (Lipinski definition) is 9. The molecule has 1 atom stereocenters. The van der Waals surface area contributed by atoms with Crippen molar-refractivity contribution < 1.29 is 43.6 Å². The zero-order valence-corrected chi connectivity index (χ0v) is 23.6. The number of aryl methyl sites for hydroxylation is 1. The second-order valence-corrected chi connectivity index (χ2v) is 8.89. The third kappa shape index (κ3) is 10.7. The van der Waals surface area contributed by atoms with Crippen molar-refractivity contribution in [2.24, 2.45) is 0 Å². The molecule has 0 saturated carbocycles. The maximum Gasteiger partial charge on any atom is 0.146 e. The molecule has 3 aromatic carbocycles. The van der Waals surface area contributed by atoms with Gasteiger partial charge in [-0.3, -0.25) is 5.26 Å². The molecule has 3 aromatic rings. The smallest absolute Gasteiger partial charge is 0.146 e. The van der Waals surface area contributed by atoms with Crippen molar-refractivity contribution in [3.63, 3.8) is 0 Å². The standard InChI is InChI=1S/C32H38O9/c1-5-17-38-39-19-6-18-37-29-12-14-30(15-13-29)40-31-16-11-28(22-24(31)2)32(41-33)27-9-7-26(8-10-27)25(3)36-21-20-35-23-34-4/h5,7-16,22,32-33H,1,3,6,17-21,23H2,2,4H3. The van der Waals surface area contributed by atoms with Gasteiger partial charge in [0.2, 0.25) is 0 Å². The van der Waals surface area contributed by atoms with E-state index >= 15 is 0 Å². The Morgan fingerprint density at radius 2 is 1.61 bits per heavy atom. The molecule has 0 bridgehead atoms. The maximum absolute atomic E-state index is 9.72. The minimum absolute atomic E-state index is 0.216. The van der Waals surface area contributed by atoms with Crippen molar-refractivity contribution in [1.82, 2.24) is 0 Å². The average Bonchev–Trinajstić information content (AvgIpc) is 2.99. The van der Waals surface area contributed by atoms with E-state index in [9.17, 15) is 5.26 Å². The van der Waals surface area contributed by atoms with Crippen LogP contribution in [-0.4, -0.2) is 52.2 Å². The van der Waals surface area contributed by atoms with Gasteiger partial charge < -0.3 is 23.7 Å². The first-order chi connectivity index (χ1) is 20.0. The minimum Gasteiger partial charge on any atom is -0.494 e. The number of benzene rings is 3. The van der Waals surface area contributed by atoms with Gasteiger partial charge in [-0.1, -0.05) is 43.0 Å².